The fourth-order valence-corrected chi connectivity index (χ4v) is 3.72. The van der Waals surface area contributed by atoms with E-state index in [9.17, 15) is 19.2 Å². The zero-order chi connectivity index (χ0) is 24.2. The van der Waals surface area contributed by atoms with Gasteiger partial charge in [0.1, 0.15) is 18.8 Å². The number of carbonyl (C=O) groups excluding carboxylic acids is 4. The Morgan fingerprint density at radius 1 is 1.06 bits per heavy atom. The smallest absolute Gasteiger partial charge is 0.329 e. The second-order valence-corrected chi connectivity index (χ2v) is 7.83. The molecule has 0 aliphatic carbocycles. The number of benzene rings is 2. The Labute approximate surface area is 196 Å². The van der Waals surface area contributed by atoms with Gasteiger partial charge in [0.25, 0.3) is 5.91 Å². The van der Waals surface area contributed by atoms with Gasteiger partial charge in [0, 0.05) is 28.4 Å². The number of urea groups is 1. The molecule has 0 unspecified atom stereocenters. The van der Waals surface area contributed by atoms with E-state index in [2.05, 4.69) is 10.6 Å². The number of amides is 4. The van der Waals surface area contributed by atoms with E-state index in [1.807, 2.05) is 43.3 Å². The molecule has 1 aliphatic rings. The molecule has 2 aromatic carbocycles. The average molecular weight is 460 g/mol. The van der Waals surface area contributed by atoms with Gasteiger partial charge in [-0.3, -0.25) is 14.4 Å². The van der Waals surface area contributed by atoms with Crippen LogP contribution in [0.5, 0.6) is 0 Å². The van der Waals surface area contributed by atoms with Crippen LogP contribution in [0.3, 0.4) is 0 Å². The molecule has 0 spiro atoms. The first kappa shape index (κ1) is 22.8. The monoisotopic (exact) mass is 460 g/mol. The molecule has 1 aliphatic heterocycles. The predicted octanol–water partition coefficient (Wildman–Crippen LogP) is 3.04. The zero-order valence-corrected chi connectivity index (χ0v) is 18.8. The lowest BCUT2D eigenvalue weighted by Gasteiger charge is -2.12. The third-order valence-corrected chi connectivity index (χ3v) is 5.32. The standard InChI is InChI=1S/C25H24N4O5/c1-3-34-23(31)15-28-13-17(19-6-4-5-7-21(19)28)12-20-24(32)29(25(33)27-20)14-22(30)26-18-10-8-16(2)9-11-18/h4-13H,3,14-15H2,1-2H3,(H,26,30)(H,27,33)/b20-12+. The summed E-state index contributed by atoms with van der Waals surface area (Å²) < 4.78 is 6.77. The van der Waals surface area contributed by atoms with E-state index in [1.54, 1.807) is 35.9 Å². The molecule has 3 aromatic rings. The number of aromatic nitrogens is 1. The van der Waals surface area contributed by atoms with Crippen LogP contribution in [0.25, 0.3) is 17.0 Å². The van der Waals surface area contributed by atoms with Gasteiger partial charge in [-0.2, -0.15) is 0 Å². The fraction of sp³-hybridized carbons (Fsp3) is 0.200. The van der Waals surface area contributed by atoms with E-state index in [-0.39, 0.29) is 24.8 Å². The van der Waals surface area contributed by atoms with Crippen LogP contribution in [0.4, 0.5) is 10.5 Å². The molecule has 2 N–H and O–H groups in total. The highest BCUT2D eigenvalue weighted by Gasteiger charge is 2.35. The molecule has 34 heavy (non-hydrogen) atoms. The number of esters is 1. The molecule has 1 saturated heterocycles. The number of ether oxygens (including phenoxy) is 1. The Hall–Kier alpha value is -4.40. The summed E-state index contributed by atoms with van der Waals surface area (Å²) in [4.78, 5) is 50.5. The van der Waals surface area contributed by atoms with Gasteiger partial charge in [0.05, 0.1) is 6.61 Å². The lowest BCUT2D eigenvalue weighted by molar-refractivity contribution is -0.143. The number of para-hydroxylation sites is 1. The predicted molar refractivity (Wildman–Crippen MR) is 127 cm³/mol. The lowest BCUT2D eigenvalue weighted by Crippen LogP contribution is -2.38. The molecule has 0 bridgehead atoms. The molecule has 9 heteroatoms. The first-order chi connectivity index (χ1) is 16.4. The Balaban J connectivity index is 1.53. The molecular weight excluding hydrogens is 436 g/mol. The van der Waals surface area contributed by atoms with Crippen molar-refractivity contribution in [1.82, 2.24) is 14.8 Å². The molecule has 1 fully saturated rings. The van der Waals surface area contributed by atoms with E-state index in [0.29, 0.717) is 11.3 Å². The van der Waals surface area contributed by atoms with Crippen LogP contribution in [0.1, 0.15) is 18.1 Å². The Kier molecular flexibility index (Phi) is 6.44. The molecule has 4 amide bonds. The summed E-state index contributed by atoms with van der Waals surface area (Å²) in [7, 11) is 0. The third kappa shape index (κ3) is 4.83. The molecule has 4 rings (SSSR count). The van der Waals surface area contributed by atoms with Crippen molar-refractivity contribution in [3.63, 3.8) is 0 Å². The van der Waals surface area contributed by atoms with E-state index >= 15 is 0 Å². The molecule has 0 atom stereocenters. The number of nitrogens with one attached hydrogen (secondary N) is 2. The van der Waals surface area contributed by atoms with Crippen LogP contribution in [0.15, 0.2) is 60.4 Å². The van der Waals surface area contributed by atoms with Crippen LogP contribution in [-0.4, -0.2) is 46.4 Å². The molecule has 9 nitrogen and oxygen atoms in total. The fourth-order valence-electron chi connectivity index (χ4n) is 3.72. The van der Waals surface area contributed by atoms with Gasteiger partial charge in [-0.25, -0.2) is 9.69 Å². The van der Waals surface area contributed by atoms with Crippen molar-refractivity contribution < 1.29 is 23.9 Å². The quantitative estimate of drug-likeness (QED) is 0.320. The largest absolute Gasteiger partial charge is 0.465 e. The summed E-state index contributed by atoms with van der Waals surface area (Å²) in [6.07, 6.45) is 3.27. The first-order valence-electron chi connectivity index (χ1n) is 10.8. The van der Waals surface area contributed by atoms with Crippen LogP contribution in [0, 0.1) is 6.92 Å². The minimum absolute atomic E-state index is 0.0170. The van der Waals surface area contributed by atoms with Crippen molar-refractivity contribution >= 4 is 46.5 Å². The van der Waals surface area contributed by atoms with Crippen molar-refractivity contribution in [3.05, 3.63) is 71.6 Å². The van der Waals surface area contributed by atoms with Crippen LogP contribution >= 0.6 is 0 Å². The minimum atomic E-state index is -0.675. The van der Waals surface area contributed by atoms with Gasteiger partial charge in [-0.05, 0) is 38.1 Å². The van der Waals surface area contributed by atoms with Crippen molar-refractivity contribution in [2.75, 3.05) is 18.5 Å². The molecule has 2 heterocycles. The summed E-state index contributed by atoms with van der Waals surface area (Å²) in [5.41, 5.74) is 3.11. The average Bonchev–Trinajstić information content (AvgIpc) is 3.27. The highest BCUT2D eigenvalue weighted by atomic mass is 16.5. The van der Waals surface area contributed by atoms with Crippen LogP contribution in [-0.2, 0) is 25.7 Å². The molecule has 174 valence electrons. The number of fused-ring (bicyclic) bond motifs is 1. The molecule has 1 aromatic heterocycles. The summed E-state index contributed by atoms with van der Waals surface area (Å²) in [6, 6.07) is 13.9. The number of imide groups is 1. The number of nitrogens with zero attached hydrogens (tertiary/aromatic N) is 2. The number of hydrogen-bond donors (Lipinski definition) is 2. The summed E-state index contributed by atoms with van der Waals surface area (Å²) in [5, 5.41) is 6.01. The lowest BCUT2D eigenvalue weighted by atomic mass is 10.1. The maximum atomic E-state index is 12.9. The van der Waals surface area contributed by atoms with Crippen LogP contribution in [0.2, 0.25) is 0 Å². The number of anilines is 1. The van der Waals surface area contributed by atoms with E-state index in [1.165, 1.54) is 0 Å². The Bertz CT molecular complexity index is 1310. The zero-order valence-electron chi connectivity index (χ0n) is 18.8. The Morgan fingerprint density at radius 3 is 2.53 bits per heavy atom. The van der Waals surface area contributed by atoms with Gasteiger partial charge in [-0.1, -0.05) is 35.9 Å². The first-order valence-corrected chi connectivity index (χ1v) is 10.8. The number of carbonyl (C=O) groups is 4. The maximum Gasteiger partial charge on any atom is 0.329 e. The molecular formula is C25H24N4O5. The maximum absolute atomic E-state index is 12.9. The number of rotatable bonds is 7. The van der Waals surface area contributed by atoms with Gasteiger partial charge >= 0.3 is 12.0 Å². The van der Waals surface area contributed by atoms with Crippen molar-refractivity contribution in [1.29, 1.82) is 0 Å². The number of hydrogen-bond acceptors (Lipinski definition) is 5. The van der Waals surface area contributed by atoms with Gasteiger partial charge < -0.3 is 19.9 Å². The highest BCUT2D eigenvalue weighted by molar-refractivity contribution is 6.16. The number of aryl methyl sites for hydroxylation is 1. The van der Waals surface area contributed by atoms with E-state index < -0.39 is 24.4 Å². The highest BCUT2D eigenvalue weighted by Crippen LogP contribution is 2.25. The second kappa shape index (κ2) is 9.62. The van der Waals surface area contributed by atoms with Crippen molar-refractivity contribution in [2.24, 2.45) is 0 Å². The summed E-state index contributed by atoms with van der Waals surface area (Å²) in [5.74, 6) is -1.47. The second-order valence-electron chi connectivity index (χ2n) is 7.83. The van der Waals surface area contributed by atoms with Crippen LogP contribution < -0.4 is 10.6 Å². The third-order valence-electron chi connectivity index (χ3n) is 5.32. The summed E-state index contributed by atoms with van der Waals surface area (Å²) >= 11 is 0. The Morgan fingerprint density at radius 2 is 1.79 bits per heavy atom. The van der Waals surface area contributed by atoms with E-state index in [0.717, 1.165) is 21.4 Å². The van der Waals surface area contributed by atoms with Gasteiger partial charge in [0.2, 0.25) is 5.91 Å². The van der Waals surface area contributed by atoms with Crippen molar-refractivity contribution in [3.8, 4) is 0 Å². The van der Waals surface area contributed by atoms with Gasteiger partial charge in [0.15, 0.2) is 0 Å². The topological polar surface area (TPSA) is 110 Å². The van der Waals surface area contributed by atoms with Gasteiger partial charge in [-0.15, -0.1) is 0 Å². The molecule has 0 radical (unpaired) electrons. The minimum Gasteiger partial charge on any atom is -0.465 e. The SMILES string of the molecule is CCOC(=O)Cn1cc(/C=C2/NC(=O)N(CC(=O)Nc3ccc(C)cc3)C2=O)c2ccccc21. The summed E-state index contributed by atoms with van der Waals surface area (Å²) in [6.45, 7) is 3.55. The normalized spacial score (nSPS) is 14.5. The van der Waals surface area contributed by atoms with Crippen molar-refractivity contribution in [2.45, 2.75) is 20.4 Å². The van der Waals surface area contributed by atoms with E-state index in [4.69, 9.17) is 4.74 Å². The molecule has 0 saturated carbocycles.